The Morgan fingerprint density at radius 1 is 1.14 bits per heavy atom. The molecule has 1 aromatic heterocycles. The number of carbonyl (C=O) groups excluding carboxylic acids is 1. The van der Waals surface area contributed by atoms with Gasteiger partial charge in [-0.25, -0.2) is 9.37 Å². The highest BCUT2D eigenvalue weighted by atomic mass is 19.1. The first kappa shape index (κ1) is 18.5. The molecule has 28 heavy (non-hydrogen) atoms. The third-order valence-electron chi connectivity index (χ3n) is 5.34. The molecule has 2 aromatic carbocycles. The minimum absolute atomic E-state index is 0.00770. The molecule has 1 saturated heterocycles. The van der Waals surface area contributed by atoms with Crippen molar-refractivity contribution in [1.29, 1.82) is 0 Å². The molecule has 0 unspecified atom stereocenters. The van der Waals surface area contributed by atoms with Crippen LogP contribution in [-0.2, 0) is 11.3 Å². The number of aromatic nitrogens is 2. The molecule has 4 rings (SSSR count). The van der Waals surface area contributed by atoms with E-state index in [2.05, 4.69) is 27.8 Å². The second-order valence-electron chi connectivity index (χ2n) is 7.31. The summed E-state index contributed by atoms with van der Waals surface area (Å²) in [7, 11) is 0. The van der Waals surface area contributed by atoms with E-state index in [-0.39, 0.29) is 17.6 Å². The van der Waals surface area contributed by atoms with Crippen LogP contribution in [0.1, 0.15) is 26.2 Å². The first-order chi connectivity index (χ1) is 13.7. The fourth-order valence-electron chi connectivity index (χ4n) is 3.87. The number of hydrogen-bond donors (Lipinski definition) is 1. The molecule has 2 heterocycles. The van der Waals surface area contributed by atoms with Crippen molar-refractivity contribution >= 4 is 28.6 Å². The van der Waals surface area contributed by atoms with E-state index < -0.39 is 0 Å². The Labute approximate surface area is 164 Å². The smallest absolute Gasteiger partial charge is 0.227 e. The molecule has 0 atom stereocenters. The molecule has 0 radical (unpaired) electrons. The molecule has 0 saturated carbocycles. The molecule has 146 valence electrons. The molecule has 0 bridgehead atoms. The monoisotopic (exact) mass is 380 g/mol. The van der Waals surface area contributed by atoms with Gasteiger partial charge in [0.05, 0.1) is 11.0 Å². The van der Waals surface area contributed by atoms with Gasteiger partial charge in [-0.1, -0.05) is 19.1 Å². The summed E-state index contributed by atoms with van der Waals surface area (Å²) < 4.78 is 15.3. The number of benzene rings is 2. The third-order valence-corrected chi connectivity index (χ3v) is 5.34. The first-order valence-corrected chi connectivity index (χ1v) is 9.92. The van der Waals surface area contributed by atoms with Crippen molar-refractivity contribution in [3.05, 3.63) is 54.3 Å². The minimum atomic E-state index is -0.304. The zero-order valence-corrected chi connectivity index (χ0v) is 16.1. The second-order valence-corrected chi connectivity index (χ2v) is 7.31. The summed E-state index contributed by atoms with van der Waals surface area (Å²) in [5.41, 5.74) is 2.82. The predicted octanol–water partition coefficient (Wildman–Crippen LogP) is 4.44. The Hall–Kier alpha value is -2.89. The predicted molar refractivity (Wildman–Crippen MR) is 110 cm³/mol. The number of nitrogens with one attached hydrogen (secondary N) is 1. The lowest BCUT2D eigenvalue weighted by atomic mass is 9.96. The summed E-state index contributed by atoms with van der Waals surface area (Å²) in [5.74, 6) is 0.667. The topological polar surface area (TPSA) is 50.2 Å². The minimum Gasteiger partial charge on any atom is -0.342 e. The molecule has 1 aliphatic rings. The van der Waals surface area contributed by atoms with Crippen LogP contribution in [0.5, 0.6) is 0 Å². The van der Waals surface area contributed by atoms with Gasteiger partial charge in [-0.3, -0.25) is 4.79 Å². The van der Waals surface area contributed by atoms with Crippen LogP contribution < -0.4 is 10.2 Å². The summed E-state index contributed by atoms with van der Waals surface area (Å²) in [5, 5.41) is 2.90. The zero-order chi connectivity index (χ0) is 19.5. The van der Waals surface area contributed by atoms with Crippen molar-refractivity contribution in [2.24, 2.45) is 5.92 Å². The highest BCUT2D eigenvalue weighted by molar-refractivity contribution is 5.92. The molecular weight excluding hydrogens is 355 g/mol. The fraction of sp³-hybridized carbons (Fsp3) is 0.364. The van der Waals surface area contributed by atoms with Gasteiger partial charge in [-0.15, -0.1) is 0 Å². The quantitative estimate of drug-likeness (QED) is 0.712. The molecule has 5 nitrogen and oxygen atoms in total. The summed E-state index contributed by atoms with van der Waals surface area (Å²) in [6.07, 6.45) is 2.61. The molecular formula is C22H25FN4O. The number of imidazole rings is 1. The van der Waals surface area contributed by atoms with E-state index in [9.17, 15) is 9.18 Å². The molecule has 1 aliphatic heterocycles. The van der Waals surface area contributed by atoms with Crippen molar-refractivity contribution in [1.82, 2.24) is 9.55 Å². The number of hydrogen-bond acceptors (Lipinski definition) is 3. The third kappa shape index (κ3) is 3.72. The first-order valence-electron chi connectivity index (χ1n) is 9.92. The Bertz CT molecular complexity index is 958. The number of para-hydroxylation sites is 2. The van der Waals surface area contributed by atoms with Gasteiger partial charge in [-0.2, -0.15) is 0 Å². The van der Waals surface area contributed by atoms with Gasteiger partial charge in [0.15, 0.2) is 0 Å². The van der Waals surface area contributed by atoms with Crippen molar-refractivity contribution in [3.63, 3.8) is 0 Å². The number of rotatable bonds is 5. The Morgan fingerprint density at radius 3 is 2.57 bits per heavy atom. The molecule has 6 heteroatoms. The van der Waals surface area contributed by atoms with Crippen molar-refractivity contribution in [2.75, 3.05) is 23.3 Å². The van der Waals surface area contributed by atoms with Crippen LogP contribution in [-0.4, -0.2) is 28.5 Å². The van der Waals surface area contributed by atoms with E-state index in [1.54, 1.807) is 12.1 Å². The Kier molecular flexibility index (Phi) is 5.28. The van der Waals surface area contributed by atoms with Crippen molar-refractivity contribution < 1.29 is 9.18 Å². The summed E-state index contributed by atoms with van der Waals surface area (Å²) >= 11 is 0. The van der Waals surface area contributed by atoms with Crippen LogP contribution in [0.15, 0.2) is 48.5 Å². The molecule has 0 spiro atoms. The maximum absolute atomic E-state index is 13.0. The Balaban J connectivity index is 1.44. The lowest BCUT2D eigenvalue weighted by molar-refractivity contribution is -0.120. The summed E-state index contributed by atoms with van der Waals surface area (Å²) in [6, 6.07) is 14.1. The van der Waals surface area contributed by atoms with E-state index in [4.69, 9.17) is 4.98 Å². The van der Waals surface area contributed by atoms with E-state index in [0.29, 0.717) is 5.69 Å². The van der Waals surface area contributed by atoms with Gasteiger partial charge in [0, 0.05) is 31.2 Å². The number of fused-ring (bicyclic) bond motifs is 1. The second kappa shape index (κ2) is 8.00. The van der Waals surface area contributed by atoms with Crippen LogP contribution in [0.3, 0.4) is 0 Å². The van der Waals surface area contributed by atoms with E-state index >= 15 is 0 Å². The van der Waals surface area contributed by atoms with Gasteiger partial charge in [0.1, 0.15) is 5.82 Å². The standard InChI is InChI=1S/C22H25FN4O/c1-2-13-27-20-6-4-3-5-19(20)25-22(27)26-14-11-16(12-15-26)21(28)24-18-9-7-17(23)8-10-18/h3-10,16H,2,11-15H2,1H3,(H,24,28). The van der Waals surface area contributed by atoms with E-state index in [0.717, 1.165) is 55.9 Å². The van der Waals surface area contributed by atoms with E-state index in [1.165, 1.54) is 12.1 Å². The van der Waals surface area contributed by atoms with Gasteiger partial charge in [0.2, 0.25) is 11.9 Å². The summed E-state index contributed by atoms with van der Waals surface area (Å²) in [4.78, 5) is 19.7. The number of nitrogens with zero attached hydrogens (tertiary/aromatic N) is 3. The highest BCUT2D eigenvalue weighted by Gasteiger charge is 2.27. The molecule has 3 aromatic rings. The van der Waals surface area contributed by atoms with Crippen LogP contribution >= 0.6 is 0 Å². The molecule has 1 fully saturated rings. The number of halogens is 1. The normalized spacial score (nSPS) is 15.1. The highest BCUT2D eigenvalue weighted by Crippen LogP contribution is 2.28. The lowest BCUT2D eigenvalue weighted by Crippen LogP contribution is -2.39. The molecule has 1 N–H and O–H groups in total. The van der Waals surface area contributed by atoms with Crippen molar-refractivity contribution in [3.8, 4) is 0 Å². The average Bonchev–Trinajstić information content (AvgIpc) is 3.09. The van der Waals surface area contributed by atoms with Gasteiger partial charge >= 0.3 is 0 Å². The number of aryl methyl sites for hydroxylation is 1. The van der Waals surface area contributed by atoms with Crippen LogP contribution in [0.25, 0.3) is 11.0 Å². The number of piperidine rings is 1. The average molecular weight is 380 g/mol. The fourth-order valence-corrected chi connectivity index (χ4v) is 3.87. The molecule has 1 amide bonds. The SMILES string of the molecule is CCCn1c(N2CCC(C(=O)Nc3ccc(F)cc3)CC2)nc2ccccc21. The van der Waals surface area contributed by atoms with Gasteiger partial charge < -0.3 is 14.8 Å². The lowest BCUT2D eigenvalue weighted by Gasteiger charge is -2.32. The molecule has 0 aliphatic carbocycles. The van der Waals surface area contributed by atoms with Crippen molar-refractivity contribution in [2.45, 2.75) is 32.7 Å². The van der Waals surface area contributed by atoms with Crippen LogP contribution in [0.2, 0.25) is 0 Å². The zero-order valence-electron chi connectivity index (χ0n) is 16.1. The van der Waals surface area contributed by atoms with Gasteiger partial charge in [-0.05, 0) is 55.7 Å². The van der Waals surface area contributed by atoms with E-state index in [1.807, 2.05) is 18.2 Å². The maximum atomic E-state index is 13.0. The maximum Gasteiger partial charge on any atom is 0.227 e. The largest absolute Gasteiger partial charge is 0.342 e. The summed E-state index contributed by atoms with van der Waals surface area (Å²) in [6.45, 7) is 4.70. The number of carbonyl (C=O) groups is 1. The van der Waals surface area contributed by atoms with Crippen LogP contribution in [0, 0.1) is 11.7 Å². The van der Waals surface area contributed by atoms with Gasteiger partial charge in [0.25, 0.3) is 0 Å². The number of anilines is 2. The van der Waals surface area contributed by atoms with Crippen LogP contribution in [0.4, 0.5) is 16.0 Å². The number of amides is 1. The Morgan fingerprint density at radius 2 is 1.86 bits per heavy atom.